The zero-order chi connectivity index (χ0) is 11.7. The van der Waals surface area contributed by atoms with E-state index < -0.39 is 0 Å². The lowest BCUT2D eigenvalue weighted by molar-refractivity contribution is -0.121. The van der Waals surface area contributed by atoms with Crippen LogP contribution < -0.4 is 16.4 Å². The van der Waals surface area contributed by atoms with E-state index in [0.717, 1.165) is 28.8 Å². The molecular formula is C11H14BrN3O. The van der Waals surface area contributed by atoms with Crippen LogP contribution in [0.2, 0.25) is 0 Å². The smallest absolute Gasteiger partial charge is 0.222 e. The molecule has 0 aromatic heterocycles. The normalized spacial score (nSPS) is 20.1. The number of hydrogen-bond donors (Lipinski definition) is 2. The van der Waals surface area contributed by atoms with Crippen molar-refractivity contribution in [1.29, 1.82) is 0 Å². The van der Waals surface area contributed by atoms with Crippen molar-refractivity contribution in [3.63, 3.8) is 0 Å². The third kappa shape index (κ3) is 2.14. The molecule has 0 aliphatic carbocycles. The zero-order valence-corrected chi connectivity index (χ0v) is 10.4. The fourth-order valence-electron chi connectivity index (χ4n) is 1.99. The second kappa shape index (κ2) is 4.33. The maximum atomic E-state index is 11.1. The van der Waals surface area contributed by atoms with E-state index in [9.17, 15) is 4.79 Å². The number of rotatable bonds is 2. The first-order valence-electron chi connectivity index (χ1n) is 5.17. The number of anilines is 2. The number of nitrogens with zero attached hydrogens (tertiary/aromatic N) is 1. The molecule has 1 heterocycles. The highest BCUT2D eigenvalue weighted by Crippen LogP contribution is 2.31. The summed E-state index contributed by atoms with van der Waals surface area (Å²) in [6.07, 6.45) is 0.826. The monoisotopic (exact) mass is 283 g/mol. The van der Waals surface area contributed by atoms with E-state index in [-0.39, 0.29) is 11.8 Å². The van der Waals surface area contributed by atoms with Crippen molar-refractivity contribution in [3.05, 3.63) is 22.7 Å². The van der Waals surface area contributed by atoms with Gasteiger partial charge in [-0.15, -0.1) is 0 Å². The lowest BCUT2D eigenvalue weighted by Crippen LogP contribution is -2.27. The van der Waals surface area contributed by atoms with Gasteiger partial charge in [-0.05, 0) is 40.5 Å². The second-order valence-corrected chi connectivity index (χ2v) is 4.90. The molecule has 1 saturated heterocycles. The highest BCUT2D eigenvalue weighted by molar-refractivity contribution is 9.10. The number of nitrogen functional groups attached to an aromatic ring is 1. The van der Waals surface area contributed by atoms with Crippen LogP contribution in [0.15, 0.2) is 22.7 Å². The molecule has 1 aromatic carbocycles. The zero-order valence-electron chi connectivity index (χ0n) is 8.82. The molecule has 1 amide bonds. The Morgan fingerprint density at radius 3 is 2.81 bits per heavy atom. The number of primary amides is 1. The Labute approximate surface area is 103 Å². The van der Waals surface area contributed by atoms with Crippen LogP contribution in [0.3, 0.4) is 0 Å². The van der Waals surface area contributed by atoms with Crippen molar-refractivity contribution in [2.45, 2.75) is 6.42 Å². The largest absolute Gasteiger partial charge is 0.399 e. The van der Waals surface area contributed by atoms with Crippen LogP contribution in [0.1, 0.15) is 6.42 Å². The van der Waals surface area contributed by atoms with Gasteiger partial charge >= 0.3 is 0 Å². The molecule has 4 N–H and O–H groups in total. The average molecular weight is 284 g/mol. The van der Waals surface area contributed by atoms with E-state index >= 15 is 0 Å². The quantitative estimate of drug-likeness (QED) is 0.805. The molecule has 1 aromatic rings. The van der Waals surface area contributed by atoms with Gasteiger partial charge in [0, 0.05) is 23.2 Å². The molecule has 2 rings (SSSR count). The van der Waals surface area contributed by atoms with Crippen LogP contribution in [0.25, 0.3) is 0 Å². The lowest BCUT2D eigenvalue weighted by Gasteiger charge is -2.20. The van der Waals surface area contributed by atoms with Crippen molar-refractivity contribution < 1.29 is 4.79 Å². The topological polar surface area (TPSA) is 72.4 Å². The van der Waals surface area contributed by atoms with Crippen LogP contribution in [0.4, 0.5) is 11.4 Å². The molecule has 0 bridgehead atoms. The van der Waals surface area contributed by atoms with Gasteiger partial charge in [0.05, 0.1) is 11.6 Å². The summed E-state index contributed by atoms with van der Waals surface area (Å²) in [7, 11) is 0. The number of amides is 1. The molecular weight excluding hydrogens is 270 g/mol. The van der Waals surface area contributed by atoms with Gasteiger partial charge in [-0.25, -0.2) is 0 Å². The predicted octanol–water partition coefficient (Wildman–Crippen LogP) is 1.34. The first-order valence-corrected chi connectivity index (χ1v) is 5.96. The van der Waals surface area contributed by atoms with Crippen molar-refractivity contribution in [1.82, 2.24) is 0 Å². The summed E-state index contributed by atoms with van der Waals surface area (Å²) < 4.78 is 0.956. The van der Waals surface area contributed by atoms with Gasteiger partial charge in [-0.2, -0.15) is 0 Å². The molecule has 0 spiro atoms. The predicted molar refractivity (Wildman–Crippen MR) is 68.1 cm³/mol. The summed E-state index contributed by atoms with van der Waals surface area (Å²) in [6, 6.07) is 5.69. The Bertz CT molecular complexity index is 422. The first kappa shape index (κ1) is 11.3. The fraction of sp³-hybridized carbons (Fsp3) is 0.364. The molecule has 86 valence electrons. The molecule has 1 atom stereocenters. The Kier molecular flexibility index (Phi) is 3.05. The van der Waals surface area contributed by atoms with E-state index in [2.05, 4.69) is 20.8 Å². The van der Waals surface area contributed by atoms with Gasteiger partial charge in [-0.3, -0.25) is 4.79 Å². The number of halogens is 1. The Balaban J connectivity index is 2.17. The van der Waals surface area contributed by atoms with Gasteiger partial charge in [0.15, 0.2) is 0 Å². The van der Waals surface area contributed by atoms with Gasteiger partial charge in [0.1, 0.15) is 0 Å². The number of carbonyl (C=O) groups excluding carboxylic acids is 1. The number of nitrogens with two attached hydrogens (primary N) is 2. The average Bonchev–Trinajstić information content (AvgIpc) is 2.66. The molecule has 16 heavy (non-hydrogen) atoms. The molecule has 5 heteroatoms. The summed E-state index contributed by atoms with van der Waals surface area (Å²) in [5.74, 6) is -0.251. The standard InChI is InChI=1S/C11H14BrN3O/c12-9-5-8(13)1-2-10(9)15-4-3-7(6-15)11(14)16/h1-2,5,7H,3-4,6,13H2,(H2,14,16). The number of hydrogen-bond acceptors (Lipinski definition) is 3. The van der Waals surface area contributed by atoms with Crippen LogP contribution in [-0.4, -0.2) is 19.0 Å². The molecule has 1 fully saturated rings. The van der Waals surface area contributed by atoms with Gasteiger partial charge in [0.2, 0.25) is 5.91 Å². The van der Waals surface area contributed by atoms with E-state index in [1.54, 1.807) is 0 Å². The van der Waals surface area contributed by atoms with Crippen molar-refractivity contribution in [2.75, 3.05) is 23.7 Å². The van der Waals surface area contributed by atoms with Crippen molar-refractivity contribution in [2.24, 2.45) is 11.7 Å². The van der Waals surface area contributed by atoms with E-state index in [1.165, 1.54) is 0 Å². The Hall–Kier alpha value is -1.23. The molecule has 0 radical (unpaired) electrons. The maximum absolute atomic E-state index is 11.1. The lowest BCUT2D eigenvalue weighted by atomic mass is 10.1. The van der Waals surface area contributed by atoms with Crippen molar-refractivity contribution in [3.8, 4) is 0 Å². The van der Waals surface area contributed by atoms with Crippen LogP contribution in [0, 0.1) is 5.92 Å². The van der Waals surface area contributed by atoms with Gasteiger partial charge in [-0.1, -0.05) is 0 Å². The highest BCUT2D eigenvalue weighted by Gasteiger charge is 2.27. The first-order chi connectivity index (χ1) is 7.58. The minimum atomic E-state index is -0.214. The summed E-state index contributed by atoms with van der Waals surface area (Å²) in [4.78, 5) is 13.2. The van der Waals surface area contributed by atoms with Gasteiger partial charge in [0.25, 0.3) is 0 Å². The third-order valence-corrected chi connectivity index (χ3v) is 3.54. The molecule has 1 aliphatic heterocycles. The third-order valence-electron chi connectivity index (χ3n) is 2.90. The van der Waals surface area contributed by atoms with Crippen molar-refractivity contribution >= 4 is 33.2 Å². The van der Waals surface area contributed by atoms with Crippen LogP contribution in [-0.2, 0) is 4.79 Å². The summed E-state index contributed by atoms with van der Waals surface area (Å²) in [5.41, 5.74) is 12.8. The highest BCUT2D eigenvalue weighted by atomic mass is 79.9. The molecule has 0 saturated carbocycles. The summed E-state index contributed by atoms with van der Waals surface area (Å²) in [6.45, 7) is 1.55. The number of benzene rings is 1. The fourth-order valence-corrected chi connectivity index (χ4v) is 2.64. The molecule has 1 unspecified atom stereocenters. The summed E-state index contributed by atoms with van der Waals surface area (Å²) in [5, 5.41) is 0. The Morgan fingerprint density at radius 1 is 1.50 bits per heavy atom. The van der Waals surface area contributed by atoms with E-state index in [1.807, 2.05) is 18.2 Å². The minimum Gasteiger partial charge on any atom is -0.399 e. The van der Waals surface area contributed by atoms with Crippen LogP contribution in [0.5, 0.6) is 0 Å². The Morgan fingerprint density at radius 2 is 2.25 bits per heavy atom. The van der Waals surface area contributed by atoms with Gasteiger partial charge < -0.3 is 16.4 Å². The number of carbonyl (C=O) groups is 1. The summed E-state index contributed by atoms with van der Waals surface area (Å²) >= 11 is 3.48. The maximum Gasteiger partial charge on any atom is 0.222 e. The second-order valence-electron chi connectivity index (χ2n) is 4.04. The van der Waals surface area contributed by atoms with Crippen LogP contribution >= 0.6 is 15.9 Å². The molecule has 4 nitrogen and oxygen atoms in total. The van der Waals surface area contributed by atoms with E-state index in [4.69, 9.17) is 11.5 Å². The van der Waals surface area contributed by atoms with E-state index in [0.29, 0.717) is 6.54 Å². The molecule has 1 aliphatic rings. The minimum absolute atomic E-state index is 0.0375. The SMILES string of the molecule is NC(=O)C1CCN(c2ccc(N)cc2Br)C1.